The lowest BCUT2D eigenvalue weighted by molar-refractivity contribution is -0.906. The number of hydrogen-bond acceptors (Lipinski definition) is 0. The van der Waals surface area contributed by atoms with Gasteiger partial charge in [-0.25, -0.2) is 0 Å². The molecule has 0 radical (unpaired) electrons. The molecule has 0 bridgehead atoms. The first-order valence-corrected chi connectivity index (χ1v) is 9.70. The van der Waals surface area contributed by atoms with Crippen molar-refractivity contribution < 1.29 is 9.60 Å². The van der Waals surface area contributed by atoms with Crippen molar-refractivity contribution in [3.05, 3.63) is 0 Å². The van der Waals surface area contributed by atoms with Gasteiger partial charge < -0.3 is 9.60 Å². The van der Waals surface area contributed by atoms with Gasteiger partial charge in [-0.2, -0.15) is 0 Å². The van der Waals surface area contributed by atoms with E-state index in [9.17, 15) is 0 Å². The highest BCUT2D eigenvalue weighted by molar-refractivity contribution is 4.62. The summed E-state index contributed by atoms with van der Waals surface area (Å²) in [5.74, 6) is 1.07. The second-order valence-corrected chi connectivity index (χ2v) is 7.06. The first-order chi connectivity index (χ1) is 9.86. The summed E-state index contributed by atoms with van der Waals surface area (Å²) in [5.41, 5.74) is 0. The SMILES string of the molecule is CCCCCCCCCC[NH+]1CCC(CCCC)CC1.[F-]. The van der Waals surface area contributed by atoms with Crippen LogP contribution in [0.3, 0.4) is 0 Å². The second-order valence-electron chi connectivity index (χ2n) is 7.06. The van der Waals surface area contributed by atoms with Crippen molar-refractivity contribution in [2.24, 2.45) is 5.92 Å². The Morgan fingerprint density at radius 3 is 1.81 bits per heavy atom. The Morgan fingerprint density at radius 2 is 1.24 bits per heavy atom. The van der Waals surface area contributed by atoms with Crippen LogP contribution in [0.25, 0.3) is 0 Å². The Balaban J connectivity index is 0.00000400. The second kappa shape index (κ2) is 14.8. The highest BCUT2D eigenvalue weighted by Crippen LogP contribution is 2.17. The zero-order valence-corrected chi connectivity index (χ0v) is 14.8. The maximum Gasteiger partial charge on any atom is 0.0773 e. The average molecular weight is 302 g/mol. The minimum absolute atomic E-state index is 0. The molecule has 1 heterocycles. The zero-order valence-electron chi connectivity index (χ0n) is 14.8. The lowest BCUT2D eigenvalue weighted by Gasteiger charge is -2.29. The van der Waals surface area contributed by atoms with Gasteiger partial charge >= 0.3 is 0 Å². The molecule has 0 aromatic carbocycles. The van der Waals surface area contributed by atoms with Gasteiger partial charge in [-0.05, 0) is 31.6 Å². The Morgan fingerprint density at radius 1 is 0.714 bits per heavy atom. The molecule has 1 aliphatic rings. The van der Waals surface area contributed by atoms with Gasteiger partial charge in [0.2, 0.25) is 0 Å². The van der Waals surface area contributed by atoms with Crippen LogP contribution >= 0.6 is 0 Å². The summed E-state index contributed by atoms with van der Waals surface area (Å²) in [5, 5.41) is 0. The average Bonchev–Trinajstić information content (AvgIpc) is 2.49. The quantitative estimate of drug-likeness (QED) is 0.523. The fourth-order valence-electron chi connectivity index (χ4n) is 3.63. The number of hydrogen-bond donors (Lipinski definition) is 1. The van der Waals surface area contributed by atoms with E-state index >= 15 is 0 Å². The normalized spacial score (nSPS) is 22.0. The predicted molar refractivity (Wildman–Crippen MR) is 90.4 cm³/mol. The van der Waals surface area contributed by atoms with Crippen LogP contribution < -0.4 is 9.60 Å². The van der Waals surface area contributed by atoms with Crippen LogP contribution in [0.1, 0.15) is 97.3 Å². The third-order valence-corrected chi connectivity index (χ3v) is 5.16. The Kier molecular flexibility index (Phi) is 14.7. The molecule has 0 amide bonds. The molecule has 128 valence electrons. The van der Waals surface area contributed by atoms with E-state index in [4.69, 9.17) is 0 Å². The van der Waals surface area contributed by atoms with Crippen molar-refractivity contribution in [1.82, 2.24) is 0 Å². The molecule has 0 aromatic heterocycles. The number of rotatable bonds is 12. The number of quaternary nitrogens is 1. The molecule has 21 heavy (non-hydrogen) atoms. The highest BCUT2D eigenvalue weighted by atomic mass is 19.0. The predicted octanol–water partition coefficient (Wildman–Crippen LogP) is 1.62. The molecule has 0 aliphatic carbocycles. The van der Waals surface area contributed by atoms with Crippen LogP contribution in [-0.2, 0) is 0 Å². The largest absolute Gasteiger partial charge is 1.00 e. The summed E-state index contributed by atoms with van der Waals surface area (Å²) in [7, 11) is 0. The van der Waals surface area contributed by atoms with Gasteiger partial charge in [0.15, 0.2) is 0 Å². The summed E-state index contributed by atoms with van der Waals surface area (Å²) in [6, 6.07) is 0. The molecule has 0 unspecified atom stereocenters. The third-order valence-electron chi connectivity index (χ3n) is 5.16. The van der Waals surface area contributed by atoms with Crippen LogP contribution in [0.4, 0.5) is 0 Å². The standard InChI is InChI=1S/C19H39N.FH/c1-3-5-7-8-9-10-11-12-16-20-17-14-19(15-18-20)13-6-4-2;/h19H,3-18H2,1-2H3;1H. The molecule has 1 N–H and O–H groups in total. The fourth-order valence-corrected chi connectivity index (χ4v) is 3.63. The van der Waals surface area contributed by atoms with Crippen molar-refractivity contribution in [1.29, 1.82) is 0 Å². The minimum atomic E-state index is 0. The molecule has 1 rings (SSSR count). The first-order valence-electron chi connectivity index (χ1n) is 9.70. The van der Waals surface area contributed by atoms with Crippen LogP contribution in [0.2, 0.25) is 0 Å². The third kappa shape index (κ3) is 11.2. The number of piperidine rings is 1. The number of unbranched alkanes of at least 4 members (excludes halogenated alkanes) is 8. The maximum atomic E-state index is 2.32. The molecule has 0 saturated carbocycles. The van der Waals surface area contributed by atoms with Crippen molar-refractivity contribution in [2.75, 3.05) is 19.6 Å². The maximum absolute atomic E-state index is 2.32. The Labute approximate surface area is 133 Å². The highest BCUT2D eigenvalue weighted by Gasteiger charge is 2.20. The molecule has 2 heteroatoms. The van der Waals surface area contributed by atoms with Crippen LogP contribution in [0, 0.1) is 5.92 Å². The molecule has 1 aliphatic heterocycles. The smallest absolute Gasteiger partial charge is 0.0773 e. The molecule has 1 fully saturated rings. The van der Waals surface area contributed by atoms with E-state index < -0.39 is 0 Å². The molecular weight excluding hydrogens is 261 g/mol. The number of likely N-dealkylation sites (tertiary alicyclic amines) is 1. The summed E-state index contributed by atoms with van der Waals surface area (Å²) >= 11 is 0. The van der Waals surface area contributed by atoms with E-state index in [1.165, 1.54) is 103 Å². The van der Waals surface area contributed by atoms with Gasteiger partial charge in [0.05, 0.1) is 19.6 Å². The zero-order chi connectivity index (χ0) is 14.5. The van der Waals surface area contributed by atoms with Crippen LogP contribution in [0.5, 0.6) is 0 Å². The molecule has 1 saturated heterocycles. The van der Waals surface area contributed by atoms with Crippen molar-refractivity contribution in [2.45, 2.75) is 97.3 Å². The first kappa shape index (κ1) is 20.9. The van der Waals surface area contributed by atoms with Crippen molar-refractivity contribution in [3.8, 4) is 0 Å². The van der Waals surface area contributed by atoms with Gasteiger partial charge in [-0.15, -0.1) is 0 Å². The van der Waals surface area contributed by atoms with Crippen molar-refractivity contribution >= 4 is 0 Å². The Bertz CT molecular complexity index is 200. The number of halogens is 1. The summed E-state index contributed by atoms with van der Waals surface area (Å²) in [6.07, 6.45) is 19.0. The van der Waals surface area contributed by atoms with Crippen molar-refractivity contribution in [3.63, 3.8) is 0 Å². The topological polar surface area (TPSA) is 4.44 Å². The van der Waals surface area contributed by atoms with E-state index in [1.54, 1.807) is 0 Å². The van der Waals surface area contributed by atoms with E-state index in [-0.39, 0.29) is 4.70 Å². The van der Waals surface area contributed by atoms with Gasteiger partial charge in [-0.3, -0.25) is 0 Å². The van der Waals surface area contributed by atoms with E-state index in [0.717, 1.165) is 5.92 Å². The number of nitrogens with one attached hydrogen (secondary N) is 1. The molecular formula is C19H40FN. The molecule has 0 atom stereocenters. The monoisotopic (exact) mass is 301 g/mol. The van der Waals surface area contributed by atoms with Gasteiger partial charge in [0.25, 0.3) is 0 Å². The lowest BCUT2D eigenvalue weighted by atomic mass is 9.91. The summed E-state index contributed by atoms with van der Waals surface area (Å²) in [6.45, 7) is 9.00. The van der Waals surface area contributed by atoms with Gasteiger partial charge in [-0.1, -0.05) is 71.6 Å². The molecule has 0 aromatic rings. The van der Waals surface area contributed by atoms with E-state index in [2.05, 4.69) is 13.8 Å². The fraction of sp³-hybridized carbons (Fsp3) is 1.00. The Hall–Kier alpha value is -0.110. The lowest BCUT2D eigenvalue weighted by Crippen LogP contribution is -3.13. The van der Waals surface area contributed by atoms with Gasteiger partial charge in [0, 0.05) is 0 Å². The molecule has 1 nitrogen and oxygen atoms in total. The minimum Gasteiger partial charge on any atom is -1.00 e. The molecule has 0 spiro atoms. The van der Waals surface area contributed by atoms with E-state index in [0.29, 0.717) is 0 Å². The summed E-state index contributed by atoms with van der Waals surface area (Å²) < 4.78 is 0. The van der Waals surface area contributed by atoms with E-state index in [1.807, 2.05) is 4.90 Å². The van der Waals surface area contributed by atoms with Gasteiger partial charge in [0.1, 0.15) is 0 Å². The summed E-state index contributed by atoms with van der Waals surface area (Å²) in [4.78, 5) is 1.91. The van der Waals surface area contributed by atoms with Crippen LogP contribution in [0.15, 0.2) is 0 Å². The van der Waals surface area contributed by atoms with Crippen LogP contribution in [-0.4, -0.2) is 19.6 Å².